The molecule has 0 rings (SSSR count). The van der Waals surface area contributed by atoms with Crippen LogP contribution in [0.3, 0.4) is 0 Å². The lowest BCUT2D eigenvalue weighted by Gasteiger charge is -2.11. The van der Waals surface area contributed by atoms with Gasteiger partial charge in [-0.3, -0.25) is 9.59 Å². The van der Waals surface area contributed by atoms with Crippen LogP contribution in [-0.2, 0) is 19.1 Å². The average Bonchev–Trinajstić information content (AvgIpc) is 2.14. The summed E-state index contributed by atoms with van der Waals surface area (Å²) < 4.78 is 4.37. The quantitative estimate of drug-likeness (QED) is 0.458. The topological polar surface area (TPSA) is 92.7 Å². The Bertz CT molecular complexity index is 304. The maximum absolute atomic E-state index is 11.0. The van der Waals surface area contributed by atoms with E-state index in [0.29, 0.717) is 0 Å². The zero-order valence-corrected chi connectivity index (χ0v) is 8.15. The molecule has 0 bridgehead atoms. The van der Waals surface area contributed by atoms with Gasteiger partial charge in [-0.15, -0.1) is 12.3 Å². The van der Waals surface area contributed by atoms with Crippen LogP contribution in [0.1, 0.15) is 13.3 Å². The molecule has 0 aromatic carbocycles. The van der Waals surface area contributed by atoms with E-state index in [1.54, 1.807) is 0 Å². The van der Waals surface area contributed by atoms with E-state index in [1.165, 1.54) is 0 Å². The molecule has 0 radical (unpaired) electrons. The van der Waals surface area contributed by atoms with E-state index in [4.69, 9.17) is 11.5 Å². The Kier molecular flexibility index (Phi) is 5.56. The molecule has 0 aromatic heterocycles. The summed E-state index contributed by atoms with van der Waals surface area (Å²) in [4.78, 5) is 31.9. The molecule has 0 aliphatic rings. The SMILES string of the molecule is C#CC[C@@H](NC(=O)COC(C)=O)C(=O)O. The molecule has 1 atom stereocenters. The van der Waals surface area contributed by atoms with Gasteiger partial charge in [0.15, 0.2) is 6.61 Å². The fourth-order valence-corrected chi connectivity index (χ4v) is 0.721. The van der Waals surface area contributed by atoms with Crippen LogP contribution in [-0.4, -0.2) is 35.6 Å². The van der Waals surface area contributed by atoms with Crippen molar-refractivity contribution in [1.29, 1.82) is 0 Å². The number of carboxylic acids is 1. The number of aliphatic carboxylic acids is 1. The number of ether oxygens (including phenoxy) is 1. The molecular formula is C9H11NO5. The van der Waals surface area contributed by atoms with Crippen molar-refractivity contribution in [3.8, 4) is 12.3 Å². The highest BCUT2D eigenvalue weighted by Gasteiger charge is 2.18. The summed E-state index contributed by atoms with van der Waals surface area (Å²) in [6.45, 7) is 0.632. The second kappa shape index (κ2) is 6.43. The third-order valence-corrected chi connectivity index (χ3v) is 1.36. The fraction of sp³-hybridized carbons (Fsp3) is 0.444. The number of nitrogens with one attached hydrogen (secondary N) is 1. The number of esters is 1. The van der Waals surface area contributed by atoms with Gasteiger partial charge in [-0.2, -0.15) is 0 Å². The summed E-state index contributed by atoms with van der Waals surface area (Å²) >= 11 is 0. The van der Waals surface area contributed by atoms with Crippen LogP contribution < -0.4 is 5.32 Å². The fourth-order valence-electron chi connectivity index (χ4n) is 0.721. The van der Waals surface area contributed by atoms with Gasteiger partial charge in [0.1, 0.15) is 6.04 Å². The van der Waals surface area contributed by atoms with Crippen molar-refractivity contribution in [2.24, 2.45) is 0 Å². The molecule has 82 valence electrons. The summed E-state index contributed by atoms with van der Waals surface area (Å²) in [5, 5.41) is 10.7. The first-order valence-electron chi connectivity index (χ1n) is 4.06. The standard InChI is InChI=1S/C9H11NO5/c1-3-4-7(9(13)14)10-8(12)5-15-6(2)11/h1,7H,4-5H2,2H3,(H,10,12)(H,13,14)/t7-/m1/s1. The highest BCUT2D eigenvalue weighted by Crippen LogP contribution is 1.91. The van der Waals surface area contributed by atoms with Gasteiger partial charge in [0.05, 0.1) is 0 Å². The molecule has 6 heteroatoms. The number of carboxylic acid groups (broad SMARTS) is 1. The molecule has 0 aromatic rings. The van der Waals surface area contributed by atoms with Gasteiger partial charge < -0.3 is 15.2 Å². The van der Waals surface area contributed by atoms with Crippen molar-refractivity contribution >= 4 is 17.8 Å². The summed E-state index contributed by atoms with van der Waals surface area (Å²) in [6, 6.07) is -1.15. The van der Waals surface area contributed by atoms with Gasteiger partial charge >= 0.3 is 11.9 Å². The highest BCUT2D eigenvalue weighted by atomic mass is 16.5. The Morgan fingerprint density at radius 3 is 2.53 bits per heavy atom. The van der Waals surface area contributed by atoms with E-state index in [1.807, 2.05) is 0 Å². The van der Waals surface area contributed by atoms with Crippen molar-refractivity contribution < 1.29 is 24.2 Å². The smallest absolute Gasteiger partial charge is 0.327 e. The number of carbonyl (C=O) groups is 3. The Labute approximate surface area is 86.6 Å². The number of carbonyl (C=O) groups excluding carboxylic acids is 2. The molecule has 0 spiro atoms. The lowest BCUT2D eigenvalue weighted by molar-refractivity contribution is -0.147. The van der Waals surface area contributed by atoms with Crippen LogP contribution in [0.4, 0.5) is 0 Å². The second-order valence-corrected chi connectivity index (χ2v) is 2.65. The Balaban J connectivity index is 4.07. The number of rotatable bonds is 5. The van der Waals surface area contributed by atoms with E-state index < -0.39 is 30.5 Å². The second-order valence-electron chi connectivity index (χ2n) is 2.65. The van der Waals surface area contributed by atoms with Crippen LogP contribution in [0.15, 0.2) is 0 Å². The number of terminal acetylenes is 1. The first-order chi connectivity index (χ1) is 6.97. The summed E-state index contributed by atoms with van der Waals surface area (Å²) in [5.41, 5.74) is 0. The average molecular weight is 213 g/mol. The minimum atomic E-state index is -1.23. The van der Waals surface area contributed by atoms with Gasteiger partial charge in [0, 0.05) is 13.3 Å². The molecule has 0 heterocycles. The van der Waals surface area contributed by atoms with E-state index in [9.17, 15) is 14.4 Å². The van der Waals surface area contributed by atoms with Crippen LogP contribution in [0.25, 0.3) is 0 Å². The van der Waals surface area contributed by atoms with Gasteiger partial charge in [0.2, 0.25) is 0 Å². The molecule has 1 amide bonds. The lowest BCUT2D eigenvalue weighted by Crippen LogP contribution is -2.42. The van der Waals surface area contributed by atoms with Crippen molar-refractivity contribution in [2.75, 3.05) is 6.61 Å². The van der Waals surface area contributed by atoms with Crippen molar-refractivity contribution in [3.05, 3.63) is 0 Å². The monoisotopic (exact) mass is 213 g/mol. The van der Waals surface area contributed by atoms with Crippen LogP contribution in [0, 0.1) is 12.3 Å². The zero-order chi connectivity index (χ0) is 11.8. The molecule has 0 aliphatic carbocycles. The van der Waals surface area contributed by atoms with Gasteiger partial charge in [-0.1, -0.05) is 0 Å². The maximum Gasteiger partial charge on any atom is 0.327 e. The van der Waals surface area contributed by atoms with Crippen LogP contribution >= 0.6 is 0 Å². The molecular weight excluding hydrogens is 202 g/mol. The van der Waals surface area contributed by atoms with Gasteiger partial charge in [-0.25, -0.2) is 4.79 Å². The molecule has 0 saturated heterocycles. The summed E-state index contributed by atoms with van der Waals surface area (Å²) in [6.07, 6.45) is 4.79. The molecule has 0 unspecified atom stereocenters. The van der Waals surface area contributed by atoms with Crippen molar-refractivity contribution in [3.63, 3.8) is 0 Å². The normalized spacial score (nSPS) is 10.9. The Morgan fingerprint density at radius 2 is 2.13 bits per heavy atom. The van der Waals surface area contributed by atoms with Gasteiger partial charge in [-0.05, 0) is 0 Å². The highest BCUT2D eigenvalue weighted by molar-refractivity contribution is 5.85. The zero-order valence-electron chi connectivity index (χ0n) is 8.15. The Hall–Kier alpha value is -2.03. The van der Waals surface area contributed by atoms with Crippen molar-refractivity contribution in [2.45, 2.75) is 19.4 Å². The lowest BCUT2D eigenvalue weighted by atomic mass is 10.2. The summed E-state index contributed by atoms with van der Waals surface area (Å²) in [5.74, 6) is -0.434. The van der Waals surface area contributed by atoms with Crippen LogP contribution in [0.2, 0.25) is 0 Å². The third-order valence-electron chi connectivity index (χ3n) is 1.36. The van der Waals surface area contributed by atoms with E-state index in [0.717, 1.165) is 6.92 Å². The van der Waals surface area contributed by atoms with Gasteiger partial charge in [0.25, 0.3) is 5.91 Å². The first-order valence-corrected chi connectivity index (χ1v) is 4.06. The molecule has 2 N–H and O–H groups in total. The predicted octanol–water partition coefficient (Wildman–Crippen LogP) is -0.858. The minimum Gasteiger partial charge on any atom is -0.480 e. The Morgan fingerprint density at radius 1 is 1.53 bits per heavy atom. The largest absolute Gasteiger partial charge is 0.480 e. The molecule has 15 heavy (non-hydrogen) atoms. The minimum absolute atomic E-state index is 0.124. The van der Waals surface area contributed by atoms with E-state index >= 15 is 0 Å². The molecule has 0 aliphatic heterocycles. The van der Waals surface area contributed by atoms with E-state index in [2.05, 4.69) is 16.0 Å². The molecule has 6 nitrogen and oxygen atoms in total. The molecule has 0 fully saturated rings. The maximum atomic E-state index is 11.0. The number of amides is 1. The number of hydrogen-bond donors (Lipinski definition) is 2. The van der Waals surface area contributed by atoms with Crippen LogP contribution in [0.5, 0.6) is 0 Å². The first kappa shape index (κ1) is 13.0. The summed E-state index contributed by atoms with van der Waals surface area (Å²) in [7, 11) is 0. The third kappa shape index (κ3) is 6.10. The van der Waals surface area contributed by atoms with Crippen molar-refractivity contribution in [1.82, 2.24) is 5.32 Å². The predicted molar refractivity (Wildman–Crippen MR) is 49.6 cm³/mol. The number of hydrogen-bond acceptors (Lipinski definition) is 4. The van der Waals surface area contributed by atoms with E-state index in [-0.39, 0.29) is 6.42 Å². The molecule has 0 saturated carbocycles.